The van der Waals surface area contributed by atoms with Gasteiger partial charge in [-0.05, 0) is 43.1 Å². The molecule has 19 heavy (non-hydrogen) atoms. The molecule has 1 heterocycles. The fourth-order valence-corrected chi connectivity index (χ4v) is 4.01. The number of rotatable bonds is 0. The molecule has 0 radical (unpaired) electrons. The van der Waals surface area contributed by atoms with E-state index in [0.717, 1.165) is 12.0 Å². The van der Waals surface area contributed by atoms with Crippen molar-refractivity contribution >= 4 is 5.97 Å². The number of carbonyl (C=O) groups is 1. The molecule has 0 aromatic rings. The zero-order chi connectivity index (χ0) is 14.0. The van der Waals surface area contributed by atoms with E-state index in [1.54, 1.807) is 6.92 Å². The van der Waals surface area contributed by atoms with Crippen molar-refractivity contribution in [3.8, 4) is 0 Å². The summed E-state index contributed by atoms with van der Waals surface area (Å²) < 4.78 is 5.19. The number of fused-ring (bicyclic) bond motifs is 2. The minimum absolute atomic E-state index is 0.107. The normalized spacial score (nSPS) is 45.9. The molecule has 0 unspecified atom stereocenters. The van der Waals surface area contributed by atoms with E-state index in [-0.39, 0.29) is 11.3 Å². The molecular weight excluding hydrogens is 244 g/mol. The zero-order valence-corrected chi connectivity index (χ0v) is 11.4. The second-order valence-electron chi connectivity index (χ2n) is 6.49. The SMILES string of the molecule is C=C1[C@H](O)CC[C@]2(C)C[C@]3(O)OC(=O)C(C)=C3C[C@@H]12. The second kappa shape index (κ2) is 3.70. The van der Waals surface area contributed by atoms with E-state index < -0.39 is 17.9 Å². The van der Waals surface area contributed by atoms with Crippen molar-refractivity contribution in [3.63, 3.8) is 0 Å². The first-order chi connectivity index (χ1) is 8.77. The van der Waals surface area contributed by atoms with Gasteiger partial charge < -0.3 is 14.9 Å². The van der Waals surface area contributed by atoms with Gasteiger partial charge in [-0.25, -0.2) is 4.79 Å². The van der Waals surface area contributed by atoms with E-state index in [2.05, 4.69) is 13.5 Å². The summed E-state index contributed by atoms with van der Waals surface area (Å²) >= 11 is 0. The fourth-order valence-electron chi connectivity index (χ4n) is 4.01. The van der Waals surface area contributed by atoms with Gasteiger partial charge in [0.2, 0.25) is 5.79 Å². The molecule has 3 aliphatic rings. The molecule has 2 aliphatic carbocycles. The molecule has 0 amide bonds. The van der Waals surface area contributed by atoms with Crippen LogP contribution in [-0.2, 0) is 9.53 Å². The highest BCUT2D eigenvalue weighted by atomic mass is 16.7. The highest BCUT2D eigenvalue weighted by molar-refractivity contribution is 5.92. The average molecular weight is 264 g/mol. The molecule has 1 aliphatic heterocycles. The Morgan fingerprint density at radius 3 is 2.84 bits per heavy atom. The van der Waals surface area contributed by atoms with Crippen LogP contribution < -0.4 is 0 Å². The predicted octanol–water partition coefficient (Wildman–Crippen LogP) is 1.68. The molecule has 0 aromatic carbocycles. The van der Waals surface area contributed by atoms with Gasteiger partial charge in [0.05, 0.1) is 6.10 Å². The lowest BCUT2D eigenvalue weighted by Gasteiger charge is -2.51. The Bertz CT molecular complexity index is 506. The molecule has 0 spiro atoms. The summed E-state index contributed by atoms with van der Waals surface area (Å²) in [6.45, 7) is 7.81. The Hall–Kier alpha value is -1.13. The van der Waals surface area contributed by atoms with E-state index in [1.807, 2.05) is 0 Å². The number of hydrogen-bond donors (Lipinski definition) is 2. The molecule has 2 fully saturated rings. The maximum absolute atomic E-state index is 11.7. The molecule has 4 atom stereocenters. The lowest BCUT2D eigenvalue weighted by molar-refractivity contribution is -0.204. The maximum Gasteiger partial charge on any atom is 0.336 e. The standard InChI is InChI=1S/C15H20O4/c1-8-10-6-11-9(2)13(17)19-15(11,18)7-14(10,3)5-4-12(8)16/h10,12,16,18H,1,4-7H2,2-3H3/t10-,12+,14+,15-/m0/s1. The van der Waals surface area contributed by atoms with Crippen molar-refractivity contribution in [1.82, 2.24) is 0 Å². The molecule has 0 aromatic heterocycles. The Morgan fingerprint density at radius 2 is 2.16 bits per heavy atom. The summed E-state index contributed by atoms with van der Waals surface area (Å²) in [5.41, 5.74) is 1.85. The quantitative estimate of drug-likeness (QED) is 0.516. The van der Waals surface area contributed by atoms with Gasteiger partial charge in [-0.15, -0.1) is 0 Å². The van der Waals surface area contributed by atoms with Crippen LogP contribution in [0.5, 0.6) is 0 Å². The van der Waals surface area contributed by atoms with Crippen LogP contribution in [0.2, 0.25) is 0 Å². The van der Waals surface area contributed by atoms with Crippen molar-refractivity contribution in [2.24, 2.45) is 11.3 Å². The van der Waals surface area contributed by atoms with Gasteiger partial charge in [-0.2, -0.15) is 0 Å². The van der Waals surface area contributed by atoms with Gasteiger partial charge in [-0.3, -0.25) is 0 Å². The van der Waals surface area contributed by atoms with Gasteiger partial charge >= 0.3 is 5.97 Å². The van der Waals surface area contributed by atoms with E-state index in [0.29, 0.717) is 30.4 Å². The highest BCUT2D eigenvalue weighted by Crippen LogP contribution is 2.58. The Morgan fingerprint density at radius 1 is 1.47 bits per heavy atom. The monoisotopic (exact) mass is 264 g/mol. The van der Waals surface area contributed by atoms with Crippen molar-refractivity contribution < 1.29 is 19.7 Å². The Labute approximate surface area is 112 Å². The third kappa shape index (κ3) is 1.63. The largest absolute Gasteiger partial charge is 0.426 e. The molecule has 4 nitrogen and oxygen atoms in total. The molecule has 0 bridgehead atoms. The number of ether oxygens (including phenoxy) is 1. The van der Waals surface area contributed by atoms with Crippen LogP contribution in [0.1, 0.15) is 39.5 Å². The van der Waals surface area contributed by atoms with Crippen molar-refractivity contribution in [2.75, 3.05) is 0 Å². The summed E-state index contributed by atoms with van der Waals surface area (Å²) in [7, 11) is 0. The first kappa shape index (κ1) is 12.9. The van der Waals surface area contributed by atoms with Gasteiger partial charge in [-0.1, -0.05) is 13.5 Å². The van der Waals surface area contributed by atoms with Crippen molar-refractivity contribution in [1.29, 1.82) is 0 Å². The topological polar surface area (TPSA) is 66.8 Å². The summed E-state index contributed by atoms with van der Waals surface area (Å²) in [6.07, 6.45) is 1.95. The van der Waals surface area contributed by atoms with Gasteiger partial charge in [0.15, 0.2) is 0 Å². The van der Waals surface area contributed by atoms with Gasteiger partial charge in [0.1, 0.15) is 0 Å². The van der Waals surface area contributed by atoms with Crippen LogP contribution in [0.25, 0.3) is 0 Å². The Balaban J connectivity index is 2.03. The molecule has 104 valence electrons. The maximum atomic E-state index is 11.7. The van der Waals surface area contributed by atoms with Crippen LogP contribution in [-0.4, -0.2) is 28.1 Å². The molecule has 2 N–H and O–H groups in total. The minimum Gasteiger partial charge on any atom is -0.426 e. The number of esters is 1. The highest BCUT2D eigenvalue weighted by Gasteiger charge is 2.57. The van der Waals surface area contributed by atoms with Crippen LogP contribution in [0.3, 0.4) is 0 Å². The third-order valence-electron chi connectivity index (χ3n) is 5.25. The van der Waals surface area contributed by atoms with E-state index in [9.17, 15) is 15.0 Å². The lowest BCUT2D eigenvalue weighted by Crippen LogP contribution is -2.50. The van der Waals surface area contributed by atoms with Gasteiger partial charge in [0, 0.05) is 17.6 Å². The third-order valence-corrected chi connectivity index (χ3v) is 5.25. The smallest absolute Gasteiger partial charge is 0.336 e. The van der Waals surface area contributed by atoms with E-state index in [1.165, 1.54) is 0 Å². The first-order valence-corrected chi connectivity index (χ1v) is 6.79. The van der Waals surface area contributed by atoms with Crippen LogP contribution in [0.15, 0.2) is 23.3 Å². The average Bonchev–Trinajstić information content (AvgIpc) is 2.53. The van der Waals surface area contributed by atoms with Crippen LogP contribution >= 0.6 is 0 Å². The Kier molecular flexibility index (Phi) is 2.51. The van der Waals surface area contributed by atoms with E-state index >= 15 is 0 Å². The van der Waals surface area contributed by atoms with E-state index in [4.69, 9.17) is 4.74 Å². The number of carbonyl (C=O) groups excluding carboxylic acids is 1. The predicted molar refractivity (Wildman–Crippen MR) is 69.0 cm³/mol. The molecule has 2 saturated carbocycles. The number of hydrogen-bond acceptors (Lipinski definition) is 4. The van der Waals surface area contributed by atoms with Crippen LogP contribution in [0.4, 0.5) is 0 Å². The fraction of sp³-hybridized carbons (Fsp3) is 0.667. The summed E-state index contributed by atoms with van der Waals surface area (Å²) in [6, 6.07) is 0. The molecular formula is C15H20O4. The molecule has 4 heteroatoms. The molecule has 3 rings (SSSR count). The number of aliphatic hydroxyl groups excluding tert-OH is 1. The zero-order valence-electron chi connectivity index (χ0n) is 11.4. The van der Waals surface area contributed by atoms with Crippen molar-refractivity contribution in [3.05, 3.63) is 23.3 Å². The van der Waals surface area contributed by atoms with Gasteiger partial charge in [0.25, 0.3) is 0 Å². The number of aliphatic hydroxyl groups is 2. The van der Waals surface area contributed by atoms with Crippen molar-refractivity contribution in [2.45, 2.75) is 51.4 Å². The van der Waals surface area contributed by atoms with Crippen LogP contribution in [0, 0.1) is 11.3 Å². The summed E-state index contributed by atoms with van der Waals surface area (Å²) in [4.78, 5) is 11.7. The summed E-state index contributed by atoms with van der Waals surface area (Å²) in [5, 5.41) is 20.6. The second-order valence-corrected chi connectivity index (χ2v) is 6.49. The first-order valence-electron chi connectivity index (χ1n) is 6.79. The molecule has 0 saturated heterocycles. The summed E-state index contributed by atoms with van der Waals surface area (Å²) in [5.74, 6) is -1.75. The minimum atomic E-state index is -1.44. The lowest BCUT2D eigenvalue weighted by atomic mass is 9.56.